The lowest BCUT2D eigenvalue weighted by molar-refractivity contribution is 0.0635. The summed E-state index contributed by atoms with van der Waals surface area (Å²) in [6.45, 7) is 7.10. The predicted octanol–water partition coefficient (Wildman–Crippen LogP) is 5.52. The molecule has 0 saturated heterocycles. The fraction of sp³-hybridized carbons (Fsp3) is 0.308. The van der Waals surface area contributed by atoms with E-state index in [1.54, 1.807) is 51.1 Å². The Bertz CT molecular complexity index is 1510. The Kier molecular flexibility index (Phi) is 6.39. The van der Waals surface area contributed by atoms with E-state index in [9.17, 15) is 14.0 Å². The highest BCUT2D eigenvalue weighted by Crippen LogP contribution is 2.43. The normalized spacial score (nSPS) is 16.7. The third-order valence-electron chi connectivity index (χ3n) is 5.58. The van der Waals surface area contributed by atoms with Gasteiger partial charge in [0.1, 0.15) is 17.6 Å². The van der Waals surface area contributed by atoms with Gasteiger partial charge in [-0.2, -0.15) is 4.98 Å². The molecular weight excluding hydrogens is 495 g/mol. The molecular formula is C26H25FN6O5. The van der Waals surface area contributed by atoms with Crippen LogP contribution in [0.2, 0.25) is 0 Å². The molecule has 4 aromatic rings. The van der Waals surface area contributed by atoms with Crippen molar-refractivity contribution < 1.29 is 27.7 Å². The van der Waals surface area contributed by atoms with Crippen LogP contribution in [0.5, 0.6) is 0 Å². The lowest BCUT2D eigenvalue weighted by Gasteiger charge is -2.19. The Morgan fingerprint density at radius 2 is 1.89 bits per heavy atom. The molecule has 38 heavy (non-hydrogen) atoms. The van der Waals surface area contributed by atoms with Crippen molar-refractivity contribution in [3.8, 4) is 22.8 Å². The van der Waals surface area contributed by atoms with E-state index in [-0.39, 0.29) is 29.3 Å². The average molecular weight is 521 g/mol. The maximum Gasteiger partial charge on any atom is 0.413 e. The molecule has 1 saturated carbocycles. The first-order valence-corrected chi connectivity index (χ1v) is 11.9. The van der Waals surface area contributed by atoms with Gasteiger partial charge in [-0.05, 0) is 57.9 Å². The van der Waals surface area contributed by atoms with Crippen molar-refractivity contribution in [3.63, 3.8) is 0 Å². The molecule has 3 heterocycles. The first-order chi connectivity index (χ1) is 18.1. The second-order valence-electron chi connectivity index (χ2n) is 9.88. The molecule has 12 heteroatoms. The summed E-state index contributed by atoms with van der Waals surface area (Å²) in [6, 6.07) is 8.48. The molecule has 0 unspecified atom stereocenters. The van der Waals surface area contributed by atoms with Crippen molar-refractivity contribution >= 4 is 23.5 Å². The highest BCUT2D eigenvalue weighted by molar-refractivity contribution is 6.03. The number of halogens is 1. The molecule has 1 fully saturated rings. The monoisotopic (exact) mass is 520 g/mol. The average Bonchev–Trinajstić information content (AvgIpc) is 3.25. The van der Waals surface area contributed by atoms with Gasteiger partial charge in [-0.1, -0.05) is 17.3 Å². The second-order valence-corrected chi connectivity index (χ2v) is 9.88. The van der Waals surface area contributed by atoms with Gasteiger partial charge in [-0.25, -0.2) is 19.2 Å². The van der Waals surface area contributed by atoms with Gasteiger partial charge < -0.3 is 19.0 Å². The van der Waals surface area contributed by atoms with Crippen molar-refractivity contribution in [1.82, 2.24) is 20.1 Å². The quantitative estimate of drug-likeness (QED) is 0.335. The van der Waals surface area contributed by atoms with Gasteiger partial charge in [-0.15, -0.1) is 0 Å². The number of oxazole rings is 1. The van der Waals surface area contributed by atoms with Gasteiger partial charge in [0, 0.05) is 23.0 Å². The maximum absolute atomic E-state index is 13.3. The highest BCUT2D eigenvalue weighted by atomic mass is 19.1. The van der Waals surface area contributed by atoms with Crippen LogP contribution in [-0.4, -0.2) is 43.9 Å². The Morgan fingerprint density at radius 1 is 1.11 bits per heavy atom. The van der Waals surface area contributed by atoms with Gasteiger partial charge in [0.2, 0.25) is 23.4 Å². The SMILES string of the molecule is Cc1ccc(-c2noc([C@H]3C[C@@H]3F)n2)cc1NC(=O)c1cnc(-c2ccnc(NC(=O)OC(C)(C)C)c2)o1. The summed E-state index contributed by atoms with van der Waals surface area (Å²) < 4.78 is 29.4. The van der Waals surface area contributed by atoms with E-state index in [0.717, 1.165) is 5.56 Å². The van der Waals surface area contributed by atoms with E-state index in [1.165, 1.54) is 12.4 Å². The number of ether oxygens (including phenoxy) is 1. The zero-order chi connectivity index (χ0) is 27.0. The van der Waals surface area contributed by atoms with Crippen LogP contribution in [0.25, 0.3) is 22.8 Å². The molecule has 3 aromatic heterocycles. The summed E-state index contributed by atoms with van der Waals surface area (Å²) in [5.74, 6) is 0.108. The largest absolute Gasteiger partial charge is 0.444 e. The molecule has 0 spiro atoms. The lowest BCUT2D eigenvalue weighted by Crippen LogP contribution is -2.27. The van der Waals surface area contributed by atoms with E-state index in [1.807, 2.05) is 6.92 Å². The fourth-order valence-corrected chi connectivity index (χ4v) is 3.55. The molecule has 2 atom stereocenters. The number of anilines is 2. The van der Waals surface area contributed by atoms with Crippen LogP contribution in [0.4, 0.5) is 20.7 Å². The van der Waals surface area contributed by atoms with Crippen LogP contribution < -0.4 is 10.6 Å². The number of hydrogen-bond acceptors (Lipinski definition) is 9. The first-order valence-electron chi connectivity index (χ1n) is 11.9. The molecule has 196 valence electrons. The number of nitrogens with one attached hydrogen (secondary N) is 2. The minimum atomic E-state index is -0.942. The number of amides is 2. The smallest absolute Gasteiger partial charge is 0.413 e. The number of alkyl halides is 1. The van der Waals surface area contributed by atoms with Crippen LogP contribution in [0, 0.1) is 6.92 Å². The molecule has 11 nitrogen and oxygen atoms in total. The number of nitrogens with zero attached hydrogens (tertiary/aromatic N) is 4. The minimum Gasteiger partial charge on any atom is -0.444 e. The van der Waals surface area contributed by atoms with Gasteiger partial charge in [0.05, 0.1) is 12.1 Å². The zero-order valence-corrected chi connectivity index (χ0v) is 21.1. The van der Waals surface area contributed by atoms with Crippen LogP contribution in [0.3, 0.4) is 0 Å². The van der Waals surface area contributed by atoms with E-state index < -0.39 is 23.8 Å². The summed E-state index contributed by atoms with van der Waals surface area (Å²) in [4.78, 5) is 37.5. The number of carbonyl (C=O) groups excluding carboxylic acids is 2. The molecule has 0 bridgehead atoms. The third-order valence-corrected chi connectivity index (χ3v) is 5.58. The summed E-state index contributed by atoms with van der Waals surface area (Å²) in [7, 11) is 0. The summed E-state index contributed by atoms with van der Waals surface area (Å²) in [6.07, 6.45) is 1.57. The van der Waals surface area contributed by atoms with Crippen molar-refractivity contribution in [2.45, 2.75) is 51.8 Å². The highest BCUT2D eigenvalue weighted by Gasteiger charge is 2.43. The van der Waals surface area contributed by atoms with Crippen LogP contribution in [0.15, 0.2) is 51.7 Å². The third kappa shape index (κ3) is 5.69. The number of aromatic nitrogens is 4. The second kappa shape index (κ2) is 9.69. The molecule has 1 aromatic carbocycles. The van der Waals surface area contributed by atoms with Crippen LogP contribution >= 0.6 is 0 Å². The van der Waals surface area contributed by atoms with E-state index in [4.69, 9.17) is 13.7 Å². The molecule has 0 aliphatic heterocycles. The topological polar surface area (TPSA) is 145 Å². The number of rotatable bonds is 6. The Hall–Kier alpha value is -4.61. The van der Waals surface area contributed by atoms with E-state index in [2.05, 4.69) is 30.7 Å². The molecule has 1 aliphatic rings. The van der Waals surface area contributed by atoms with Crippen LogP contribution in [-0.2, 0) is 4.74 Å². The van der Waals surface area contributed by atoms with Gasteiger partial charge >= 0.3 is 6.09 Å². The Morgan fingerprint density at radius 3 is 2.63 bits per heavy atom. The number of carbonyl (C=O) groups is 2. The molecule has 1 aliphatic carbocycles. The van der Waals surface area contributed by atoms with Crippen molar-refractivity contribution in [1.29, 1.82) is 0 Å². The van der Waals surface area contributed by atoms with Gasteiger partial charge in [0.25, 0.3) is 5.91 Å². The van der Waals surface area contributed by atoms with Crippen molar-refractivity contribution in [3.05, 3.63) is 59.9 Å². The van der Waals surface area contributed by atoms with Crippen molar-refractivity contribution in [2.24, 2.45) is 0 Å². The van der Waals surface area contributed by atoms with Gasteiger partial charge in [0.15, 0.2) is 0 Å². The number of hydrogen-bond donors (Lipinski definition) is 2. The number of pyridine rings is 1. The number of benzene rings is 1. The van der Waals surface area contributed by atoms with Crippen LogP contribution in [0.1, 0.15) is 55.1 Å². The lowest BCUT2D eigenvalue weighted by atomic mass is 10.1. The first kappa shape index (κ1) is 25.1. The Balaban J connectivity index is 1.28. The summed E-state index contributed by atoms with van der Waals surface area (Å²) >= 11 is 0. The predicted molar refractivity (Wildman–Crippen MR) is 134 cm³/mol. The van der Waals surface area contributed by atoms with E-state index >= 15 is 0 Å². The van der Waals surface area contributed by atoms with Gasteiger partial charge in [-0.3, -0.25) is 10.1 Å². The number of aryl methyl sites for hydroxylation is 1. The fourth-order valence-electron chi connectivity index (χ4n) is 3.55. The molecule has 2 amide bonds. The molecule has 2 N–H and O–H groups in total. The standard InChI is InChI=1S/C26H25FN6O5/c1-13-5-6-14(21-32-24(38-33-21)16-11-17(16)27)9-18(13)30-22(34)19-12-29-23(36-19)15-7-8-28-20(10-15)31-25(35)37-26(2,3)4/h5-10,12,16-17H,11H2,1-4H3,(H,30,34)(H,28,31,35)/t16-,17-/m0/s1. The molecule has 5 rings (SSSR count). The minimum absolute atomic E-state index is 0.0205. The molecule has 0 radical (unpaired) electrons. The zero-order valence-electron chi connectivity index (χ0n) is 21.1. The van der Waals surface area contributed by atoms with E-state index in [0.29, 0.717) is 29.1 Å². The summed E-state index contributed by atoms with van der Waals surface area (Å²) in [5.41, 5.74) is 1.76. The maximum atomic E-state index is 13.3. The van der Waals surface area contributed by atoms with Crippen molar-refractivity contribution in [2.75, 3.05) is 10.6 Å². The summed E-state index contributed by atoms with van der Waals surface area (Å²) in [5, 5.41) is 9.29. The Labute approximate surface area is 216 Å².